The zero-order chi connectivity index (χ0) is 25.4. The predicted octanol–water partition coefficient (Wildman–Crippen LogP) is 6.43. The molecule has 6 nitrogen and oxygen atoms in total. The first-order valence-corrected chi connectivity index (χ1v) is 10.8. The molecule has 1 N–H and O–H groups in total. The second-order valence-corrected chi connectivity index (χ2v) is 8.55. The van der Waals surface area contributed by atoms with E-state index in [9.17, 15) is 23.1 Å². The molecule has 0 aliphatic heterocycles. The summed E-state index contributed by atoms with van der Waals surface area (Å²) in [5, 5.41) is 14.6. The Morgan fingerprint density at radius 3 is 2.20 bits per heavy atom. The molecule has 1 aromatic heterocycles. The van der Waals surface area contributed by atoms with Crippen molar-refractivity contribution in [2.75, 3.05) is 0 Å². The van der Waals surface area contributed by atoms with E-state index in [2.05, 4.69) is 5.10 Å². The average Bonchev–Trinajstić information content (AvgIpc) is 3.24. The van der Waals surface area contributed by atoms with Crippen LogP contribution in [0.4, 0.5) is 13.2 Å². The summed E-state index contributed by atoms with van der Waals surface area (Å²) in [6.45, 7) is 4.79. The third kappa shape index (κ3) is 5.24. The van der Waals surface area contributed by atoms with Crippen molar-refractivity contribution in [3.05, 3.63) is 84.1 Å². The van der Waals surface area contributed by atoms with Crippen LogP contribution in [0.25, 0.3) is 16.6 Å². The molecule has 0 aliphatic rings. The number of carboxylic acids is 1. The number of hydrogen-bond acceptors (Lipinski definition) is 4. The number of hydrogen-bond donors (Lipinski definition) is 1. The monoisotopic (exact) mass is 484 g/mol. The molecule has 0 bridgehead atoms. The van der Waals surface area contributed by atoms with Crippen molar-refractivity contribution in [1.29, 1.82) is 0 Å². The third-order valence-electron chi connectivity index (χ3n) is 5.49. The minimum atomic E-state index is -4.40. The summed E-state index contributed by atoms with van der Waals surface area (Å²) in [6, 6.07) is 17.1. The number of halogens is 3. The maximum atomic E-state index is 12.9. The Kier molecular flexibility index (Phi) is 6.19. The van der Waals surface area contributed by atoms with E-state index < -0.39 is 29.4 Å². The van der Waals surface area contributed by atoms with Gasteiger partial charge in [-0.15, -0.1) is 0 Å². The molecular formula is C26H23F3N2O4. The Morgan fingerprint density at radius 1 is 0.971 bits per heavy atom. The quantitative estimate of drug-likeness (QED) is 0.327. The Labute approximate surface area is 199 Å². The van der Waals surface area contributed by atoms with Crippen LogP contribution in [0.15, 0.2) is 72.9 Å². The standard InChI is InChI=1S/C26H23F3N2O4/c1-16(34-20-11-13-21(14-12-20)35-25(2,3)24(32)33)22-6-4-5-17-15-31(30-23(17)22)19-9-7-18(8-10-19)26(27,28)29/h4-16H,1-3H3,(H,32,33). The van der Waals surface area contributed by atoms with Crippen LogP contribution in [0, 0.1) is 0 Å². The molecule has 0 spiro atoms. The van der Waals surface area contributed by atoms with Gasteiger partial charge in [0.1, 0.15) is 17.6 Å². The highest BCUT2D eigenvalue weighted by Crippen LogP contribution is 2.31. The van der Waals surface area contributed by atoms with Gasteiger partial charge < -0.3 is 14.6 Å². The molecule has 35 heavy (non-hydrogen) atoms. The molecule has 0 radical (unpaired) electrons. The van der Waals surface area contributed by atoms with Crippen LogP contribution in [0.5, 0.6) is 11.5 Å². The lowest BCUT2D eigenvalue weighted by atomic mass is 10.1. The van der Waals surface area contributed by atoms with Gasteiger partial charge in [0.25, 0.3) is 0 Å². The van der Waals surface area contributed by atoms with E-state index in [4.69, 9.17) is 9.47 Å². The minimum absolute atomic E-state index is 0.392. The van der Waals surface area contributed by atoms with Gasteiger partial charge in [0.05, 0.1) is 16.8 Å². The van der Waals surface area contributed by atoms with E-state index in [1.54, 1.807) is 30.5 Å². The second-order valence-electron chi connectivity index (χ2n) is 8.55. The first kappa shape index (κ1) is 24.1. The van der Waals surface area contributed by atoms with Gasteiger partial charge in [-0.1, -0.05) is 18.2 Å². The number of fused-ring (bicyclic) bond motifs is 1. The van der Waals surface area contributed by atoms with Crippen molar-refractivity contribution < 1.29 is 32.5 Å². The van der Waals surface area contributed by atoms with Gasteiger partial charge in [-0.3, -0.25) is 0 Å². The molecule has 0 amide bonds. The summed E-state index contributed by atoms with van der Waals surface area (Å²) in [5.74, 6) is -0.123. The Hall–Kier alpha value is -4.01. The highest BCUT2D eigenvalue weighted by molar-refractivity contribution is 5.82. The number of carbonyl (C=O) groups is 1. The number of nitrogens with zero attached hydrogens (tertiary/aromatic N) is 2. The van der Waals surface area contributed by atoms with Gasteiger partial charge in [-0.2, -0.15) is 18.3 Å². The lowest BCUT2D eigenvalue weighted by molar-refractivity contribution is -0.152. The topological polar surface area (TPSA) is 73.6 Å². The first-order valence-electron chi connectivity index (χ1n) is 10.8. The Balaban J connectivity index is 1.54. The van der Waals surface area contributed by atoms with Crippen molar-refractivity contribution in [3.8, 4) is 17.2 Å². The van der Waals surface area contributed by atoms with Crippen molar-refractivity contribution in [2.45, 2.75) is 38.7 Å². The smallest absolute Gasteiger partial charge is 0.416 e. The normalized spacial score (nSPS) is 13.0. The fourth-order valence-electron chi connectivity index (χ4n) is 3.52. The summed E-state index contributed by atoms with van der Waals surface area (Å²) in [5.41, 5.74) is -0.0993. The Bertz CT molecular complexity index is 1340. The highest BCUT2D eigenvalue weighted by Gasteiger charge is 2.30. The van der Waals surface area contributed by atoms with E-state index in [0.717, 1.165) is 23.1 Å². The van der Waals surface area contributed by atoms with Crippen molar-refractivity contribution in [2.24, 2.45) is 0 Å². The molecule has 1 heterocycles. The largest absolute Gasteiger partial charge is 0.486 e. The number of benzene rings is 3. The van der Waals surface area contributed by atoms with Gasteiger partial charge >= 0.3 is 12.1 Å². The molecule has 1 atom stereocenters. The molecule has 0 aliphatic carbocycles. The number of ether oxygens (including phenoxy) is 2. The van der Waals surface area contributed by atoms with Crippen LogP contribution >= 0.6 is 0 Å². The zero-order valence-corrected chi connectivity index (χ0v) is 19.2. The fourth-order valence-corrected chi connectivity index (χ4v) is 3.52. The summed E-state index contributed by atoms with van der Waals surface area (Å²) in [4.78, 5) is 11.2. The third-order valence-corrected chi connectivity index (χ3v) is 5.49. The summed E-state index contributed by atoms with van der Waals surface area (Å²) in [6.07, 6.45) is -3.04. The number of carboxylic acid groups (broad SMARTS) is 1. The van der Waals surface area contributed by atoms with E-state index in [-0.39, 0.29) is 0 Å². The first-order chi connectivity index (χ1) is 16.4. The van der Waals surface area contributed by atoms with Gasteiger partial charge in [0.2, 0.25) is 0 Å². The van der Waals surface area contributed by atoms with Crippen LogP contribution in [0.1, 0.15) is 38.0 Å². The van der Waals surface area contributed by atoms with Gasteiger partial charge in [-0.25, -0.2) is 9.48 Å². The molecule has 0 saturated carbocycles. The average molecular weight is 484 g/mol. The van der Waals surface area contributed by atoms with Crippen molar-refractivity contribution in [1.82, 2.24) is 9.78 Å². The van der Waals surface area contributed by atoms with Crippen LogP contribution in [0.3, 0.4) is 0 Å². The summed E-state index contributed by atoms with van der Waals surface area (Å²) >= 11 is 0. The lowest BCUT2D eigenvalue weighted by Crippen LogP contribution is -2.37. The molecule has 3 aromatic carbocycles. The molecule has 1 unspecified atom stereocenters. The molecule has 0 saturated heterocycles. The number of rotatable bonds is 7. The maximum absolute atomic E-state index is 12.9. The van der Waals surface area contributed by atoms with Crippen LogP contribution < -0.4 is 9.47 Å². The van der Waals surface area contributed by atoms with Gasteiger partial charge in [0, 0.05) is 17.1 Å². The molecule has 4 aromatic rings. The number of aliphatic carboxylic acids is 1. The predicted molar refractivity (Wildman–Crippen MR) is 124 cm³/mol. The van der Waals surface area contributed by atoms with E-state index >= 15 is 0 Å². The fraction of sp³-hybridized carbons (Fsp3) is 0.231. The Morgan fingerprint density at radius 2 is 1.60 bits per heavy atom. The molecule has 4 rings (SSSR count). The van der Waals surface area contributed by atoms with Crippen LogP contribution in [0.2, 0.25) is 0 Å². The zero-order valence-electron chi connectivity index (χ0n) is 19.2. The second kappa shape index (κ2) is 8.98. The number of alkyl halides is 3. The minimum Gasteiger partial charge on any atom is -0.486 e. The van der Waals surface area contributed by atoms with Crippen molar-refractivity contribution in [3.63, 3.8) is 0 Å². The van der Waals surface area contributed by atoms with Gasteiger partial charge in [-0.05, 0) is 69.3 Å². The van der Waals surface area contributed by atoms with Gasteiger partial charge in [0.15, 0.2) is 5.60 Å². The molecule has 9 heteroatoms. The molecular weight excluding hydrogens is 461 g/mol. The van der Waals surface area contributed by atoms with Crippen LogP contribution in [-0.2, 0) is 11.0 Å². The van der Waals surface area contributed by atoms with E-state index in [1.807, 2.05) is 25.1 Å². The molecule has 182 valence electrons. The SMILES string of the molecule is CC(Oc1ccc(OC(C)(C)C(=O)O)cc1)c1cccc2cn(-c3ccc(C(F)(F)F)cc3)nc12. The lowest BCUT2D eigenvalue weighted by Gasteiger charge is -2.22. The highest BCUT2D eigenvalue weighted by atomic mass is 19.4. The van der Waals surface area contributed by atoms with E-state index in [0.29, 0.717) is 22.7 Å². The van der Waals surface area contributed by atoms with Crippen LogP contribution in [-0.4, -0.2) is 26.5 Å². The van der Waals surface area contributed by atoms with E-state index in [1.165, 1.54) is 30.7 Å². The summed E-state index contributed by atoms with van der Waals surface area (Å²) < 4.78 is 51.7. The molecule has 0 fully saturated rings. The maximum Gasteiger partial charge on any atom is 0.416 e. The summed E-state index contributed by atoms with van der Waals surface area (Å²) in [7, 11) is 0. The number of aromatic nitrogens is 2. The van der Waals surface area contributed by atoms with Crippen molar-refractivity contribution >= 4 is 16.9 Å².